The molecule has 0 aliphatic carbocycles. The molecule has 1 aromatic heterocycles. The second kappa shape index (κ2) is 6.68. The highest BCUT2D eigenvalue weighted by molar-refractivity contribution is 6.28. The van der Waals surface area contributed by atoms with Crippen molar-refractivity contribution < 1.29 is 9.90 Å². The smallest absolute Gasteiger partial charge is 0.336 e. The van der Waals surface area contributed by atoms with E-state index in [1.165, 1.54) is 0 Å². The molecule has 24 heavy (non-hydrogen) atoms. The number of halogens is 1. The molecule has 0 unspecified atom stereocenters. The highest BCUT2D eigenvalue weighted by Crippen LogP contribution is 2.26. The summed E-state index contributed by atoms with van der Waals surface area (Å²) in [7, 11) is 0. The van der Waals surface area contributed by atoms with Crippen LogP contribution in [0.4, 0.5) is 5.69 Å². The van der Waals surface area contributed by atoms with E-state index in [0.717, 1.165) is 5.56 Å². The van der Waals surface area contributed by atoms with E-state index in [1.807, 2.05) is 18.2 Å². The highest BCUT2D eigenvalue weighted by atomic mass is 35.5. The van der Waals surface area contributed by atoms with Gasteiger partial charge in [0.15, 0.2) is 0 Å². The van der Waals surface area contributed by atoms with Crippen LogP contribution < -0.4 is 5.73 Å². The van der Waals surface area contributed by atoms with Gasteiger partial charge in [0.2, 0.25) is 0 Å². The summed E-state index contributed by atoms with van der Waals surface area (Å²) in [6.07, 6.45) is 0. The number of carbonyl (C=O) groups is 1. The number of hydrogen-bond donors (Lipinski definition) is 2. The minimum absolute atomic E-state index is 0.163. The second-order valence-electron chi connectivity index (χ2n) is 5.16. The SMILES string of the molecule is NC(CCl)=Nc1ccc(-c2cc(C(=O)O)c3ccccc3n2)cc1. The van der Waals surface area contributed by atoms with Crippen LogP contribution in [-0.4, -0.2) is 27.8 Å². The van der Waals surface area contributed by atoms with Crippen LogP contribution in [-0.2, 0) is 0 Å². The van der Waals surface area contributed by atoms with Gasteiger partial charge in [-0.3, -0.25) is 0 Å². The molecule has 1 heterocycles. The maximum Gasteiger partial charge on any atom is 0.336 e. The van der Waals surface area contributed by atoms with Crippen LogP contribution in [0.1, 0.15) is 10.4 Å². The molecule has 0 amide bonds. The van der Waals surface area contributed by atoms with Crippen LogP contribution in [0.2, 0.25) is 0 Å². The normalized spacial score (nSPS) is 11.6. The summed E-state index contributed by atoms with van der Waals surface area (Å²) in [6.45, 7) is 0. The number of aromatic nitrogens is 1. The number of fused-ring (bicyclic) bond motifs is 1. The van der Waals surface area contributed by atoms with E-state index in [1.54, 1.807) is 36.4 Å². The molecular formula is C18H14ClN3O2. The van der Waals surface area contributed by atoms with E-state index < -0.39 is 5.97 Å². The number of para-hydroxylation sites is 1. The second-order valence-corrected chi connectivity index (χ2v) is 5.43. The standard InChI is InChI=1S/C18H14ClN3O2/c19-10-17(20)21-12-7-5-11(6-8-12)16-9-14(18(23)24)13-3-1-2-4-15(13)22-16/h1-9H,10H2,(H2,20,21)(H,23,24). The van der Waals surface area contributed by atoms with E-state index in [9.17, 15) is 9.90 Å². The van der Waals surface area contributed by atoms with Gasteiger partial charge in [0.1, 0.15) is 5.84 Å². The lowest BCUT2D eigenvalue weighted by atomic mass is 10.0. The summed E-state index contributed by atoms with van der Waals surface area (Å²) in [5, 5.41) is 10.1. The Labute approximate surface area is 143 Å². The van der Waals surface area contributed by atoms with Crippen molar-refractivity contribution in [1.29, 1.82) is 0 Å². The summed E-state index contributed by atoms with van der Waals surface area (Å²) in [5.41, 5.74) is 8.54. The van der Waals surface area contributed by atoms with Gasteiger partial charge in [0, 0.05) is 10.9 Å². The number of hydrogen-bond acceptors (Lipinski definition) is 3. The third-order valence-electron chi connectivity index (χ3n) is 3.52. The topological polar surface area (TPSA) is 88.6 Å². The zero-order valence-electron chi connectivity index (χ0n) is 12.6. The van der Waals surface area contributed by atoms with E-state index >= 15 is 0 Å². The quantitative estimate of drug-likeness (QED) is 0.429. The average molecular weight is 340 g/mol. The first-order chi connectivity index (χ1) is 11.6. The van der Waals surface area contributed by atoms with Gasteiger partial charge in [0.25, 0.3) is 0 Å². The van der Waals surface area contributed by atoms with E-state index in [2.05, 4.69) is 9.98 Å². The first-order valence-corrected chi connectivity index (χ1v) is 7.74. The fourth-order valence-corrected chi connectivity index (χ4v) is 2.46. The first-order valence-electron chi connectivity index (χ1n) is 7.21. The summed E-state index contributed by atoms with van der Waals surface area (Å²) in [6, 6.07) is 16.0. The summed E-state index contributed by atoms with van der Waals surface area (Å²) < 4.78 is 0. The van der Waals surface area contributed by atoms with Crippen molar-refractivity contribution >= 4 is 40.0 Å². The Morgan fingerprint density at radius 1 is 1.17 bits per heavy atom. The molecule has 120 valence electrons. The minimum atomic E-state index is -0.981. The Balaban J connectivity index is 2.08. The van der Waals surface area contributed by atoms with Crippen molar-refractivity contribution in [3.63, 3.8) is 0 Å². The van der Waals surface area contributed by atoms with Crippen molar-refractivity contribution in [3.05, 3.63) is 60.2 Å². The van der Waals surface area contributed by atoms with Gasteiger partial charge in [-0.25, -0.2) is 14.8 Å². The van der Waals surface area contributed by atoms with Crippen molar-refractivity contribution in [1.82, 2.24) is 4.98 Å². The molecule has 5 nitrogen and oxygen atoms in total. The van der Waals surface area contributed by atoms with Crippen LogP contribution >= 0.6 is 11.6 Å². The Kier molecular flexibility index (Phi) is 4.44. The number of pyridine rings is 1. The fraction of sp³-hybridized carbons (Fsp3) is 0.0556. The largest absolute Gasteiger partial charge is 0.478 e. The molecule has 3 aromatic rings. The molecule has 3 rings (SSSR count). The molecule has 6 heteroatoms. The van der Waals surface area contributed by atoms with Gasteiger partial charge >= 0.3 is 5.97 Å². The molecule has 0 atom stereocenters. The van der Waals surface area contributed by atoms with Crippen LogP contribution in [0, 0.1) is 0 Å². The molecule has 0 bridgehead atoms. The lowest BCUT2D eigenvalue weighted by Gasteiger charge is -2.07. The molecule has 0 spiro atoms. The Hall–Kier alpha value is -2.92. The lowest BCUT2D eigenvalue weighted by molar-refractivity contribution is 0.0699. The predicted molar refractivity (Wildman–Crippen MR) is 96.1 cm³/mol. The molecule has 0 radical (unpaired) electrons. The average Bonchev–Trinajstić information content (AvgIpc) is 2.61. The van der Waals surface area contributed by atoms with Crippen LogP contribution in [0.15, 0.2) is 59.6 Å². The van der Waals surface area contributed by atoms with Crippen molar-refractivity contribution in [2.24, 2.45) is 10.7 Å². The first kappa shape index (κ1) is 16.0. The fourth-order valence-electron chi connectivity index (χ4n) is 2.40. The van der Waals surface area contributed by atoms with Gasteiger partial charge in [-0.1, -0.05) is 30.3 Å². The number of benzene rings is 2. The van der Waals surface area contributed by atoms with Gasteiger partial charge in [-0.2, -0.15) is 0 Å². The van der Waals surface area contributed by atoms with Crippen molar-refractivity contribution in [2.45, 2.75) is 0 Å². The van der Waals surface area contributed by atoms with Crippen LogP contribution in [0.3, 0.4) is 0 Å². The summed E-state index contributed by atoms with van der Waals surface area (Å²) in [5.74, 6) is -0.483. The zero-order chi connectivity index (χ0) is 17.1. The maximum absolute atomic E-state index is 11.5. The third-order valence-corrected chi connectivity index (χ3v) is 3.79. The van der Waals surface area contributed by atoms with Gasteiger partial charge in [-0.15, -0.1) is 11.6 Å². The number of rotatable bonds is 4. The molecule has 0 fully saturated rings. The maximum atomic E-state index is 11.5. The highest BCUT2D eigenvalue weighted by Gasteiger charge is 2.12. The molecule has 0 saturated carbocycles. The van der Waals surface area contributed by atoms with Crippen molar-refractivity contribution in [3.8, 4) is 11.3 Å². The Morgan fingerprint density at radius 2 is 1.88 bits per heavy atom. The molecule has 0 saturated heterocycles. The monoisotopic (exact) mass is 339 g/mol. The molecular weight excluding hydrogens is 326 g/mol. The number of alkyl halides is 1. The lowest BCUT2D eigenvalue weighted by Crippen LogP contribution is -2.12. The van der Waals surface area contributed by atoms with Gasteiger partial charge in [0.05, 0.1) is 28.3 Å². The van der Waals surface area contributed by atoms with Crippen molar-refractivity contribution in [2.75, 3.05) is 5.88 Å². The number of nitrogens with zero attached hydrogens (tertiary/aromatic N) is 2. The number of carboxylic acids is 1. The Morgan fingerprint density at radius 3 is 2.54 bits per heavy atom. The van der Waals surface area contributed by atoms with E-state index in [0.29, 0.717) is 28.1 Å². The Bertz CT molecular complexity index is 937. The predicted octanol–water partition coefficient (Wildman–Crippen LogP) is 3.83. The number of aliphatic imine (C=N–C) groups is 1. The number of aromatic carboxylic acids is 1. The molecule has 3 N–H and O–H groups in total. The minimum Gasteiger partial charge on any atom is -0.478 e. The van der Waals surface area contributed by atoms with E-state index in [4.69, 9.17) is 17.3 Å². The molecule has 0 aliphatic heterocycles. The van der Waals surface area contributed by atoms with Crippen LogP contribution in [0.25, 0.3) is 22.2 Å². The van der Waals surface area contributed by atoms with E-state index in [-0.39, 0.29) is 11.4 Å². The number of amidine groups is 1. The van der Waals surface area contributed by atoms with Gasteiger partial charge in [-0.05, 0) is 24.3 Å². The van der Waals surface area contributed by atoms with Crippen LogP contribution in [0.5, 0.6) is 0 Å². The number of nitrogens with two attached hydrogens (primary N) is 1. The molecule has 2 aromatic carbocycles. The summed E-state index contributed by atoms with van der Waals surface area (Å²) in [4.78, 5) is 20.2. The summed E-state index contributed by atoms with van der Waals surface area (Å²) >= 11 is 5.61. The number of carboxylic acid groups (broad SMARTS) is 1. The molecule has 0 aliphatic rings. The van der Waals surface area contributed by atoms with Gasteiger partial charge < -0.3 is 10.8 Å². The third kappa shape index (κ3) is 3.21. The zero-order valence-corrected chi connectivity index (χ0v) is 13.4.